The number of anilines is 3. The van der Waals surface area contributed by atoms with E-state index in [9.17, 15) is 28.8 Å². The molecule has 0 spiro atoms. The fourth-order valence-corrected chi connectivity index (χ4v) is 5.78. The molecule has 3 amide bonds. The summed E-state index contributed by atoms with van der Waals surface area (Å²) in [5, 5.41) is 8.14. The molecule has 0 aliphatic heterocycles. The molecule has 13 nitrogen and oxygen atoms in total. The summed E-state index contributed by atoms with van der Waals surface area (Å²) in [5.74, 6) is -2.29. The van der Waals surface area contributed by atoms with Gasteiger partial charge in [-0.15, -0.1) is 0 Å². The minimum Gasteiger partial charge on any atom is -0.427 e. The van der Waals surface area contributed by atoms with Crippen molar-refractivity contribution in [1.82, 2.24) is 4.98 Å². The van der Waals surface area contributed by atoms with Crippen LogP contribution in [0.3, 0.4) is 0 Å². The van der Waals surface area contributed by atoms with Crippen molar-refractivity contribution in [3.05, 3.63) is 102 Å². The van der Waals surface area contributed by atoms with E-state index >= 15 is 0 Å². The van der Waals surface area contributed by atoms with Crippen molar-refractivity contribution in [3.8, 4) is 17.2 Å². The Morgan fingerprint density at radius 3 is 1.21 bits per heavy atom. The molecule has 2 atom stereocenters. The summed E-state index contributed by atoms with van der Waals surface area (Å²) >= 11 is 0. The summed E-state index contributed by atoms with van der Waals surface area (Å²) in [6.45, 7) is 9.28. The topological polar surface area (TPSA) is 179 Å². The molecule has 0 bridgehead atoms. The van der Waals surface area contributed by atoms with Crippen LogP contribution >= 0.6 is 0 Å². The van der Waals surface area contributed by atoms with Gasteiger partial charge in [0.25, 0.3) is 17.7 Å². The highest BCUT2D eigenvalue weighted by Crippen LogP contribution is 2.24. The van der Waals surface area contributed by atoms with Gasteiger partial charge in [0.2, 0.25) is 0 Å². The number of unbranched alkanes of at least 4 members (excludes halogenated alkanes) is 2. The van der Waals surface area contributed by atoms with Gasteiger partial charge in [0.1, 0.15) is 28.9 Å². The van der Waals surface area contributed by atoms with Crippen molar-refractivity contribution in [2.24, 2.45) is 11.8 Å². The van der Waals surface area contributed by atoms with E-state index in [1.54, 1.807) is 0 Å². The number of hydrogen-bond acceptors (Lipinski definition) is 10. The van der Waals surface area contributed by atoms with E-state index in [2.05, 4.69) is 34.8 Å². The summed E-state index contributed by atoms with van der Waals surface area (Å²) in [6, 6.07) is 20.9. The van der Waals surface area contributed by atoms with Gasteiger partial charge in [0.15, 0.2) is 0 Å². The smallest absolute Gasteiger partial charge is 0.314 e. The quantitative estimate of drug-likeness (QED) is 0.0614. The van der Waals surface area contributed by atoms with Gasteiger partial charge < -0.3 is 30.2 Å². The Morgan fingerprint density at radius 1 is 0.526 bits per heavy atom. The highest BCUT2D eigenvalue weighted by atomic mass is 16.5. The number of nitrogens with zero attached hydrogens (tertiary/aromatic N) is 1. The minimum absolute atomic E-state index is 0.00351. The van der Waals surface area contributed by atoms with Crippen LogP contribution in [-0.2, 0) is 14.4 Å². The molecule has 57 heavy (non-hydrogen) atoms. The molecule has 3 N–H and O–H groups in total. The first-order chi connectivity index (χ1) is 27.4. The van der Waals surface area contributed by atoms with Crippen molar-refractivity contribution in [2.45, 2.75) is 86.0 Å². The number of carbonyl (C=O) groups excluding carboxylic acids is 6. The molecular formula is C44H50N4O9. The first kappa shape index (κ1) is 43.4. The van der Waals surface area contributed by atoms with Gasteiger partial charge in [-0.25, -0.2) is 4.98 Å². The van der Waals surface area contributed by atoms with Crippen molar-refractivity contribution in [2.75, 3.05) is 16.0 Å². The second-order valence-corrected chi connectivity index (χ2v) is 13.5. The molecule has 300 valence electrons. The lowest BCUT2D eigenvalue weighted by Gasteiger charge is -2.14. The maximum absolute atomic E-state index is 13.4. The molecule has 4 aromatic rings. The molecule has 0 aliphatic rings. The number of carbonyl (C=O) groups is 6. The van der Waals surface area contributed by atoms with E-state index in [1.807, 2.05) is 13.8 Å². The zero-order chi connectivity index (χ0) is 41.3. The maximum atomic E-state index is 13.4. The van der Waals surface area contributed by atoms with E-state index in [0.717, 1.165) is 38.5 Å². The summed E-state index contributed by atoms with van der Waals surface area (Å²) in [7, 11) is 0. The number of aromatic nitrogens is 1. The van der Waals surface area contributed by atoms with Crippen LogP contribution in [0, 0.1) is 11.8 Å². The van der Waals surface area contributed by atoms with Gasteiger partial charge >= 0.3 is 17.9 Å². The van der Waals surface area contributed by atoms with Crippen LogP contribution in [-0.4, -0.2) is 40.6 Å². The number of benzene rings is 3. The average Bonchev–Trinajstić information content (AvgIpc) is 3.19. The Bertz CT molecular complexity index is 1910. The monoisotopic (exact) mass is 778 g/mol. The van der Waals surface area contributed by atoms with Crippen LogP contribution in [0.2, 0.25) is 0 Å². The third kappa shape index (κ3) is 13.4. The Morgan fingerprint density at radius 2 is 0.877 bits per heavy atom. The second-order valence-electron chi connectivity index (χ2n) is 13.5. The third-order valence-corrected chi connectivity index (χ3v) is 9.08. The van der Waals surface area contributed by atoms with Crippen molar-refractivity contribution >= 4 is 53.0 Å². The van der Waals surface area contributed by atoms with E-state index in [-0.39, 0.29) is 63.5 Å². The van der Waals surface area contributed by atoms with Crippen LogP contribution in [0.15, 0.2) is 84.9 Å². The van der Waals surface area contributed by atoms with Gasteiger partial charge in [0, 0.05) is 41.4 Å². The highest BCUT2D eigenvalue weighted by Gasteiger charge is 2.20. The molecule has 0 saturated carbocycles. The number of nitrogens with one attached hydrogen (secondary N) is 3. The zero-order valence-corrected chi connectivity index (χ0v) is 33.0. The Labute approximate surface area is 332 Å². The van der Waals surface area contributed by atoms with Crippen LogP contribution < -0.4 is 30.2 Å². The van der Waals surface area contributed by atoms with Gasteiger partial charge in [-0.05, 0) is 98.5 Å². The SMILES string of the molecule is CCCCC(CC)C(=O)Oc1ccc(C(=O)Nc2cc(NC(=O)c3ccc(OC(C)=O)cc3)nc(NC(=O)c3ccc(OC(=O)C(CC)CCCC)cc3)c2)cc1. The average molecular weight is 779 g/mol. The number of rotatable bonds is 19. The Balaban J connectivity index is 1.52. The molecule has 13 heteroatoms. The van der Waals surface area contributed by atoms with Crippen molar-refractivity contribution in [1.29, 1.82) is 0 Å². The molecule has 0 aliphatic carbocycles. The second kappa shape index (κ2) is 21.6. The fourth-order valence-electron chi connectivity index (χ4n) is 5.78. The van der Waals surface area contributed by atoms with Crippen LogP contribution in [0.4, 0.5) is 17.3 Å². The largest absolute Gasteiger partial charge is 0.427 e. The number of hydrogen-bond donors (Lipinski definition) is 3. The molecule has 0 saturated heterocycles. The summed E-state index contributed by atoms with van der Waals surface area (Å²) < 4.78 is 16.2. The summed E-state index contributed by atoms with van der Waals surface area (Å²) in [6.07, 6.45) is 6.62. The van der Waals surface area contributed by atoms with Crippen LogP contribution in [0.5, 0.6) is 17.2 Å². The Kier molecular flexibility index (Phi) is 16.5. The molecule has 0 fully saturated rings. The predicted octanol–water partition coefficient (Wildman–Crippen LogP) is 9.01. The molecule has 0 radical (unpaired) electrons. The lowest BCUT2D eigenvalue weighted by Crippen LogP contribution is -2.20. The lowest BCUT2D eigenvalue weighted by molar-refractivity contribution is -0.140. The van der Waals surface area contributed by atoms with Crippen LogP contribution in [0.25, 0.3) is 0 Å². The molecule has 2 unspecified atom stereocenters. The molecule has 3 aromatic carbocycles. The number of pyridine rings is 1. The van der Waals surface area contributed by atoms with E-state index < -0.39 is 23.7 Å². The number of esters is 3. The Hall–Kier alpha value is -6.37. The molecule has 1 heterocycles. The molecular weight excluding hydrogens is 729 g/mol. The van der Waals surface area contributed by atoms with Gasteiger partial charge in [-0.2, -0.15) is 0 Å². The zero-order valence-electron chi connectivity index (χ0n) is 33.0. The van der Waals surface area contributed by atoms with E-state index in [4.69, 9.17) is 14.2 Å². The first-order valence-electron chi connectivity index (χ1n) is 19.3. The van der Waals surface area contributed by atoms with Gasteiger partial charge in [-0.3, -0.25) is 28.8 Å². The summed E-state index contributed by atoms with van der Waals surface area (Å²) in [5.41, 5.74) is 0.906. The fraction of sp³-hybridized carbons (Fsp3) is 0.341. The maximum Gasteiger partial charge on any atom is 0.314 e. The van der Waals surface area contributed by atoms with Gasteiger partial charge in [0.05, 0.1) is 11.8 Å². The standard InChI is InChI=1S/C44H50N4O9/c1-6-10-12-29(8-3)43(53)56-36-22-16-31(17-23-36)40(50)45-34-26-38(47-41(51)32-14-20-35(21-15-32)55-28(5)49)46-39(27-34)48-42(52)33-18-24-37(25-19-33)57-44(54)30(9-4)13-11-7-2/h14-27,29-30H,6-13H2,1-5H3,(H3,45,46,47,48,50,51,52). The number of amides is 3. The van der Waals surface area contributed by atoms with Crippen molar-refractivity contribution in [3.63, 3.8) is 0 Å². The van der Waals surface area contributed by atoms with Gasteiger partial charge in [-0.1, -0.05) is 53.4 Å². The highest BCUT2D eigenvalue weighted by molar-refractivity contribution is 6.08. The first-order valence-corrected chi connectivity index (χ1v) is 19.3. The lowest BCUT2D eigenvalue weighted by atomic mass is 10.00. The van der Waals surface area contributed by atoms with E-state index in [0.29, 0.717) is 24.3 Å². The number of ether oxygens (including phenoxy) is 3. The van der Waals surface area contributed by atoms with Crippen molar-refractivity contribution < 1.29 is 43.0 Å². The molecule has 1 aromatic heterocycles. The normalized spacial score (nSPS) is 11.7. The molecule has 4 rings (SSSR count). The van der Waals surface area contributed by atoms with Crippen LogP contribution in [0.1, 0.15) is 117 Å². The minimum atomic E-state index is -0.562. The third-order valence-electron chi connectivity index (χ3n) is 9.08. The summed E-state index contributed by atoms with van der Waals surface area (Å²) in [4.78, 5) is 81.0. The van der Waals surface area contributed by atoms with E-state index in [1.165, 1.54) is 91.9 Å². The predicted molar refractivity (Wildman–Crippen MR) is 217 cm³/mol.